The molecule has 3 aromatic rings. The summed E-state index contributed by atoms with van der Waals surface area (Å²) < 4.78 is 5.42. The van der Waals surface area contributed by atoms with E-state index in [1.54, 1.807) is 24.7 Å². The first-order chi connectivity index (χ1) is 7.84. The van der Waals surface area contributed by atoms with Gasteiger partial charge in [-0.05, 0) is 12.1 Å². The predicted molar refractivity (Wildman–Crippen MR) is 61.7 cm³/mol. The highest BCUT2D eigenvalue weighted by atomic mass is 16.3. The number of fused-ring (bicyclic) bond motifs is 1. The number of furan rings is 1. The summed E-state index contributed by atoms with van der Waals surface area (Å²) in [7, 11) is 0. The standard InChI is InChI=1S/C12H9N3O/c13-12-5-11-8(6-15-12)9(7-16-11)10-3-1-2-4-14-10/h1-7H,(H2,13,15). The molecule has 0 atom stereocenters. The Morgan fingerprint density at radius 2 is 2.12 bits per heavy atom. The molecule has 16 heavy (non-hydrogen) atoms. The van der Waals surface area contributed by atoms with Gasteiger partial charge in [0.15, 0.2) is 0 Å². The third kappa shape index (κ3) is 1.32. The lowest BCUT2D eigenvalue weighted by atomic mass is 10.1. The fourth-order valence-corrected chi connectivity index (χ4v) is 1.66. The van der Waals surface area contributed by atoms with Gasteiger partial charge in [-0.2, -0.15) is 0 Å². The number of pyridine rings is 2. The Morgan fingerprint density at radius 1 is 1.19 bits per heavy atom. The topological polar surface area (TPSA) is 64.9 Å². The summed E-state index contributed by atoms with van der Waals surface area (Å²) in [6.07, 6.45) is 5.13. The van der Waals surface area contributed by atoms with Crippen LogP contribution in [-0.2, 0) is 0 Å². The van der Waals surface area contributed by atoms with E-state index in [0.29, 0.717) is 5.82 Å². The Hall–Kier alpha value is -2.36. The van der Waals surface area contributed by atoms with Gasteiger partial charge in [-0.3, -0.25) is 4.98 Å². The van der Waals surface area contributed by atoms with Crippen LogP contribution in [0.3, 0.4) is 0 Å². The third-order valence-corrected chi connectivity index (χ3v) is 2.42. The summed E-state index contributed by atoms with van der Waals surface area (Å²) >= 11 is 0. The Balaban J connectivity index is 2.26. The number of hydrogen-bond donors (Lipinski definition) is 1. The highest BCUT2D eigenvalue weighted by molar-refractivity contribution is 5.93. The average molecular weight is 211 g/mol. The summed E-state index contributed by atoms with van der Waals surface area (Å²) in [5.41, 5.74) is 8.12. The number of aromatic nitrogens is 2. The van der Waals surface area contributed by atoms with Gasteiger partial charge in [0.25, 0.3) is 0 Å². The lowest BCUT2D eigenvalue weighted by Crippen LogP contribution is -1.87. The first kappa shape index (κ1) is 8.91. The van der Waals surface area contributed by atoms with Crippen molar-refractivity contribution in [3.8, 4) is 11.3 Å². The fourth-order valence-electron chi connectivity index (χ4n) is 1.66. The van der Waals surface area contributed by atoms with E-state index in [1.165, 1.54) is 0 Å². The molecule has 0 aromatic carbocycles. The van der Waals surface area contributed by atoms with Crippen LogP contribution >= 0.6 is 0 Å². The van der Waals surface area contributed by atoms with Crippen molar-refractivity contribution < 1.29 is 4.42 Å². The number of anilines is 1. The van der Waals surface area contributed by atoms with Crippen LogP contribution in [0.25, 0.3) is 22.2 Å². The van der Waals surface area contributed by atoms with Crippen LogP contribution < -0.4 is 5.73 Å². The summed E-state index contributed by atoms with van der Waals surface area (Å²) in [6, 6.07) is 7.45. The predicted octanol–water partition coefficient (Wildman–Crippen LogP) is 2.47. The molecule has 3 rings (SSSR count). The van der Waals surface area contributed by atoms with Crippen molar-refractivity contribution in [3.63, 3.8) is 0 Å². The lowest BCUT2D eigenvalue weighted by Gasteiger charge is -1.96. The largest absolute Gasteiger partial charge is 0.463 e. The van der Waals surface area contributed by atoms with Crippen molar-refractivity contribution in [2.75, 3.05) is 5.73 Å². The first-order valence-corrected chi connectivity index (χ1v) is 4.89. The SMILES string of the molecule is Nc1cc2occ(-c3ccccn3)c2cn1. The maximum atomic E-state index is 5.59. The zero-order valence-electron chi connectivity index (χ0n) is 8.42. The summed E-state index contributed by atoms with van der Waals surface area (Å²) in [5, 5.41) is 0.924. The smallest absolute Gasteiger partial charge is 0.139 e. The molecule has 78 valence electrons. The summed E-state index contributed by atoms with van der Waals surface area (Å²) in [4.78, 5) is 8.33. The third-order valence-electron chi connectivity index (χ3n) is 2.42. The average Bonchev–Trinajstić information content (AvgIpc) is 2.73. The van der Waals surface area contributed by atoms with Crippen molar-refractivity contribution in [1.29, 1.82) is 0 Å². The van der Waals surface area contributed by atoms with E-state index in [1.807, 2.05) is 18.2 Å². The minimum atomic E-state index is 0.453. The second kappa shape index (κ2) is 3.34. The Labute approximate surface area is 91.7 Å². The van der Waals surface area contributed by atoms with Gasteiger partial charge in [0.2, 0.25) is 0 Å². The molecule has 0 aliphatic rings. The molecule has 0 saturated carbocycles. The van der Waals surface area contributed by atoms with Crippen molar-refractivity contribution in [2.24, 2.45) is 0 Å². The van der Waals surface area contributed by atoms with Gasteiger partial charge in [0, 0.05) is 29.4 Å². The fraction of sp³-hybridized carbons (Fsp3) is 0. The van der Waals surface area contributed by atoms with Gasteiger partial charge in [-0.15, -0.1) is 0 Å². The Morgan fingerprint density at radius 3 is 2.94 bits per heavy atom. The zero-order chi connectivity index (χ0) is 11.0. The highest BCUT2D eigenvalue weighted by Crippen LogP contribution is 2.29. The minimum absolute atomic E-state index is 0.453. The molecule has 0 spiro atoms. The quantitative estimate of drug-likeness (QED) is 0.671. The van der Waals surface area contributed by atoms with Crippen LogP contribution in [0.4, 0.5) is 5.82 Å². The number of nitrogens with zero attached hydrogens (tertiary/aromatic N) is 2. The van der Waals surface area contributed by atoms with Gasteiger partial charge in [0.05, 0.1) is 5.69 Å². The number of hydrogen-bond acceptors (Lipinski definition) is 4. The molecule has 3 aromatic heterocycles. The van der Waals surface area contributed by atoms with Crippen LogP contribution in [0.5, 0.6) is 0 Å². The summed E-state index contributed by atoms with van der Waals surface area (Å²) in [5.74, 6) is 0.453. The zero-order valence-corrected chi connectivity index (χ0v) is 8.42. The summed E-state index contributed by atoms with van der Waals surface area (Å²) in [6.45, 7) is 0. The van der Waals surface area contributed by atoms with Crippen LogP contribution in [0.15, 0.2) is 47.3 Å². The normalized spacial score (nSPS) is 10.8. The van der Waals surface area contributed by atoms with Gasteiger partial charge < -0.3 is 10.2 Å². The van der Waals surface area contributed by atoms with Crippen molar-refractivity contribution >= 4 is 16.8 Å². The molecule has 4 heteroatoms. The van der Waals surface area contributed by atoms with E-state index in [4.69, 9.17) is 10.2 Å². The van der Waals surface area contributed by atoms with Crippen LogP contribution in [0.1, 0.15) is 0 Å². The molecular formula is C12H9N3O. The molecular weight excluding hydrogens is 202 g/mol. The van der Waals surface area contributed by atoms with E-state index in [0.717, 1.165) is 22.2 Å². The van der Waals surface area contributed by atoms with E-state index >= 15 is 0 Å². The maximum absolute atomic E-state index is 5.59. The molecule has 3 heterocycles. The van der Waals surface area contributed by atoms with Crippen molar-refractivity contribution in [2.45, 2.75) is 0 Å². The lowest BCUT2D eigenvalue weighted by molar-refractivity contribution is 0.616. The van der Waals surface area contributed by atoms with Crippen molar-refractivity contribution in [3.05, 3.63) is 42.9 Å². The molecule has 4 nitrogen and oxygen atoms in total. The first-order valence-electron chi connectivity index (χ1n) is 4.89. The molecule has 0 aliphatic carbocycles. The van der Waals surface area contributed by atoms with Gasteiger partial charge >= 0.3 is 0 Å². The van der Waals surface area contributed by atoms with Gasteiger partial charge in [-0.25, -0.2) is 4.98 Å². The van der Waals surface area contributed by atoms with Gasteiger partial charge in [0.1, 0.15) is 17.7 Å². The Kier molecular flexibility index (Phi) is 1.86. The molecule has 2 N–H and O–H groups in total. The molecule has 0 unspecified atom stereocenters. The van der Waals surface area contributed by atoms with Crippen LogP contribution in [-0.4, -0.2) is 9.97 Å². The molecule has 0 amide bonds. The highest BCUT2D eigenvalue weighted by Gasteiger charge is 2.09. The second-order valence-corrected chi connectivity index (χ2v) is 3.47. The van der Waals surface area contributed by atoms with Gasteiger partial charge in [-0.1, -0.05) is 6.07 Å². The van der Waals surface area contributed by atoms with Crippen LogP contribution in [0, 0.1) is 0 Å². The molecule has 0 fully saturated rings. The molecule has 0 saturated heterocycles. The molecule has 0 radical (unpaired) electrons. The van der Waals surface area contributed by atoms with Crippen LogP contribution in [0.2, 0.25) is 0 Å². The monoisotopic (exact) mass is 211 g/mol. The Bertz CT molecular complexity index is 631. The molecule has 0 aliphatic heterocycles. The second-order valence-electron chi connectivity index (χ2n) is 3.47. The molecule has 0 bridgehead atoms. The number of rotatable bonds is 1. The maximum Gasteiger partial charge on any atom is 0.139 e. The van der Waals surface area contributed by atoms with E-state index in [-0.39, 0.29) is 0 Å². The van der Waals surface area contributed by atoms with Crippen molar-refractivity contribution in [1.82, 2.24) is 9.97 Å². The van der Waals surface area contributed by atoms with E-state index < -0.39 is 0 Å². The van der Waals surface area contributed by atoms with E-state index in [2.05, 4.69) is 9.97 Å². The minimum Gasteiger partial charge on any atom is -0.463 e. The number of nitrogens with two attached hydrogens (primary N) is 1. The number of nitrogen functional groups attached to an aromatic ring is 1. The van der Waals surface area contributed by atoms with E-state index in [9.17, 15) is 0 Å².